The number of anilines is 1. The maximum atomic E-state index is 12.3. The number of aromatic nitrogens is 1. The number of nitrogens with one attached hydrogen (secondary N) is 1. The molecule has 118 valence electrons. The summed E-state index contributed by atoms with van der Waals surface area (Å²) in [5.41, 5.74) is 2.32. The van der Waals surface area contributed by atoms with Crippen LogP contribution in [-0.4, -0.2) is 10.9 Å². The monoisotopic (exact) mass is 314 g/mol. The topological polar surface area (TPSA) is 42.0 Å². The Hall–Kier alpha value is -2.68. The Morgan fingerprint density at radius 2 is 1.83 bits per heavy atom. The molecular formula is C21H18N2O. The molecule has 2 saturated carbocycles. The predicted octanol–water partition coefficient (Wildman–Crippen LogP) is 4.64. The molecule has 24 heavy (non-hydrogen) atoms. The van der Waals surface area contributed by atoms with Gasteiger partial charge in [-0.25, -0.2) is 4.98 Å². The molecule has 0 saturated heterocycles. The summed E-state index contributed by atoms with van der Waals surface area (Å²) in [5.74, 6) is 0.993. The van der Waals surface area contributed by atoms with E-state index in [9.17, 15) is 4.79 Å². The van der Waals surface area contributed by atoms with E-state index in [4.69, 9.17) is 0 Å². The normalized spacial score (nSPS) is 20.1. The lowest BCUT2D eigenvalue weighted by molar-refractivity contribution is -0.117. The summed E-state index contributed by atoms with van der Waals surface area (Å²) in [7, 11) is 0. The predicted molar refractivity (Wildman–Crippen MR) is 95.6 cm³/mol. The maximum Gasteiger partial charge on any atom is 0.229 e. The zero-order chi connectivity index (χ0) is 16.1. The molecule has 1 amide bonds. The highest BCUT2D eigenvalue weighted by Crippen LogP contribution is 2.70. The molecule has 2 aliphatic rings. The fourth-order valence-electron chi connectivity index (χ4n) is 3.66. The molecule has 1 aromatic heterocycles. The second-order valence-corrected chi connectivity index (χ2v) is 7.08. The number of pyridine rings is 1. The van der Waals surface area contributed by atoms with Crippen molar-refractivity contribution in [3.63, 3.8) is 0 Å². The molecule has 1 atom stereocenters. The number of carbonyl (C=O) groups is 1. The maximum absolute atomic E-state index is 12.3. The summed E-state index contributed by atoms with van der Waals surface area (Å²) in [6.45, 7) is 0. The Morgan fingerprint density at radius 1 is 1.00 bits per heavy atom. The average molecular weight is 314 g/mol. The van der Waals surface area contributed by atoms with Gasteiger partial charge in [-0.3, -0.25) is 4.79 Å². The van der Waals surface area contributed by atoms with Gasteiger partial charge in [-0.05, 0) is 53.6 Å². The van der Waals surface area contributed by atoms with Crippen molar-refractivity contribution in [3.05, 3.63) is 60.7 Å². The number of rotatable bonds is 3. The quantitative estimate of drug-likeness (QED) is 0.765. The standard InChI is InChI=1S/C21H18N2O/c24-20(17-13-21(17)10-11-21)23-19-7-3-6-18(22-19)16-9-8-14-4-1-2-5-15(14)12-16/h1-9,12,17H,10-11,13H2,(H,22,23,24). The Bertz CT molecular complexity index is 959. The lowest BCUT2D eigenvalue weighted by Gasteiger charge is -2.07. The molecule has 3 aromatic rings. The number of hydrogen-bond acceptors (Lipinski definition) is 2. The summed E-state index contributed by atoms with van der Waals surface area (Å²) >= 11 is 0. The molecule has 3 heteroatoms. The number of fused-ring (bicyclic) bond motifs is 1. The van der Waals surface area contributed by atoms with Crippen LogP contribution in [0.4, 0.5) is 5.82 Å². The van der Waals surface area contributed by atoms with Gasteiger partial charge in [0.1, 0.15) is 5.82 Å². The third-order valence-electron chi connectivity index (χ3n) is 5.44. The first kappa shape index (κ1) is 13.7. The molecule has 1 spiro atoms. The van der Waals surface area contributed by atoms with E-state index in [0.717, 1.165) is 17.7 Å². The fourth-order valence-corrected chi connectivity index (χ4v) is 3.66. The summed E-state index contributed by atoms with van der Waals surface area (Å²) in [4.78, 5) is 16.9. The van der Waals surface area contributed by atoms with E-state index in [-0.39, 0.29) is 11.8 Å². The first-order chi connectivity index (χ1) is 11.7. The van der Waals surface area contributed by atoms with Crippen LogP contribution >= 0.6 is 0 Å². The smallest absolute Gasteiger partial charge is 0.229 e. The van der Waals surface area contributed by atoms with Crippen LogP contribution in [0.5, 0.6) is 0 Å². The molecule has 0 radical (unpaired) electrons. The lowest BCUT2D eigenvalue weighted by Crippen LogP contribution is -2.16. The fraction of sp³-hybridized carbons (Fsp3) is 0.238. The molecule has 3 nitrogen and oxygen atoms in total. The van der Waals surface area contributed by atoms with Gasteiger partial charge in [0.05, 0.1) is 5.69 Å². The summed E-state index contributed by atoms with van der Waals surface area (Å²) in [6.07, 6.45) is 3.49. The molecule has 0 bridgehead atoms. The van der Waals surface area contributed by atoms with Crippen molar-refractivity contribution in [2.75, 3.05) is 5.32 Å². The highest BCUT2D eigenvalue weighted by Gasteiger charge is 2.65. The van der Waals surface area contributed by atoms with Crippen molar-refractivity contribution in [2.24, 2.45) is 11.3 Å². The first-order valence-electron chi connectivity index (χ1n) is 8.51. The van der Waals surface area contributed by atoms with E-state index in [1.807, 2.05) is 30.3 Å². The van der Waals surface area contributed by atoms with Gasteiger partial charge in [-0.15, -0.1) is 0 Å². The van der Waals surface area contributed by atoms with Crippen LogP contribution in [0.1, 0.15) is 19.3 Å². The van der Waals surface area contributed by atoms with Crippen LogP contribution in [0.15, 0.2) is 60.7 Å². The zero-order valence-electron chi connectivity index (χ0n) is 13.3. The van der Waals surface area contributed by atoms with Crippen LogP contribution in [0, 0.1) is 11.3 Å². The summed E-state index contributed by atoms with van der Waals surface area (Å²) in [5, 5.41) is 5.41. The average Bonchev–Trinajstić information content (AvgIpc) is 3.54. The molecule has 1 unspecified atom stereocenters. The SMILES string of the molecule is O=C(Nc1cccc(-c2ccc3ccccc3c2)n1)C1CC12CC2. The van der Waals surface area contributed by atoms with Crippen LogP contribution in [-0.2, 0) is 4.79 Å². The van der Waals surface area contributed by atoms with Crippen LogP contribution in [0.3, 0.4) is 0 Å². The third-order valence-corrected chi connectivity index (χ3v) is 5.44. The third kappa shape index (κ3) is 2.28. The highest BCUT2D eigenvalue weighted by atomic mass is 16.2. The molecule has 2 aliphatic carbocycles. The second-order valence-electron chi connectivity index (χ2n) is 7.08. The number of amides is 1. The van der Waals surface area contributed by atoms with E-state index in [1.165, 1.54) is 23.6 Å². The largest absolute Gasteiger partial charge is 0.310 e. The molecule has 2 aromatic carbocycles. The van der Waals surface area contributed by atoms with E-state index in [2.05, 4.69) is 40.6 Å². The Morgan fingerprint density at radius 3 is 2.62 bits per heavy atom. The van der Waals surface area contributed by atoms with Gasteiger partial charge in [-0.1, -0.05) is 42.5 Å². The minimum Gasteiger partial charge on any atom is -0.310 e. The second kappa shape index (κ2) is 4.91. The first-order valence-corrected chi connectivity index (χ1v) is 8.51. The number of hydrogen-bond donors (Lipinski definition) is 1. The Kier molecular flexibility index (Phi) is 2.81. The van der Waals surface area contributed by atoms with Gasteiger partial charge in [0.15, 0.2) is 0 Å². The minimum atomic E-state index is 0.135. The molecule has 5 rings (SSSR count). The van der Waals surface area contributed by atoms with Gasteiger partial charge in [0.2, 0.25) is 5.91 Å². The van der Waals surface area contributed by atoms with Gasteiger partial charge >= 0.3 is 0 Å². The summed E-state index contributed by atoms with van der Waals surface area (Å²) in [6, 6.07) is 20.4. The minimum absolute atomic E-state index is 0.135. The molecular weight excluding hydrogens is 296 g/mol. The van der Waals surface area contributed by atoms with Crippen LogP contribution in [0.25, 0.3) is 22.0 Å². The van der Waals surface area contributed by atoms with E-state index in [1.54, 1.807) is 0 Å². The zero-order valence-corrected chi connectivity index (χ0v) is 13.3. The molecule has 2 fully saturated rings. The van der Waals surface area contributed by atoms with Crippen molar-refractivity contribution >= 4 is 22.5 Å². The van der Waals surface area contributed by atoms with E-state index >= 15 is 0 Å². The molecule has 1 heterocycles. The number of carbonyl (C=O) groups excluding carboxylic acids is 1. The van der Waals surface area contributed by atoms with E-state index in [0.29, 0.717) is 11.2 Å². The van der Waals surface area contributed by atoms with Crippen LogP contribution in [0.2, 0.25) is 0 Å². The summed E-state index contributed by atoms with van der Waals surface area (Å²) < 4.78 is 0. The van der Waals surface area contributed by atoms with Crippen LogP contribution < -0.4 is 5.32 Å². The van der Waals surface area contributed by atoms with Crippen molar-refractivity contribution in [2.45, 2.75) is 19.3 Å². The van der Waals surface area contributed by atoms with Crippen molar-refractivity contribution in [1.82, 2.24) is 4.98 Å². The highest BCUT2D eigenvalue weighted by molar-refractivity contribution is 5.95. The van der Waals surface area contributed by atoms with E-state index < -0.39 is 0 Å². The van der Waals surface area contributed by atoms with Gasteiger partial charge < -0.3 is 5.32 Å². The lowest BCUT2D eigenvalue weighted by atomic mass is 10.0. The molecule has 1 N–H and O–H groups in total. The van der Waals surface area contributed by atoms with Gasteiger partial charge in [0.25, 0.3) is 0 Å². The number of nitrogens with zero attached hydrogens (tertiary/aromatic N) is 1. The molecule has 0 aliphatic heterocycles. The number of benzene rings is 2. The van der Waals surface area contributed by atoms with Crippen molar-refractivity contribution in [1.29, 1.82) is 0 Å². The Labute approximate surface area is 140 Å². The van der Waals surface area contributed by atoms with Crippen molar-refractivity contribution in [3.8, 4) is 11.3 Å². The van der Waals surface area contributed by atoms with Gasteiger partial charge in [0, 0.05) is 11.5 Å². The van der Waals surface area contributed by atoms with Gasteiger partial charge in [-0.2, -0.15) is 0 Å². The van der Waals surface area contributed by atoms with Crippen molar-refractivity contribution < 1.29 is 4.79 Å². The Balaban J connectivity index is 1.42.